The zero-order valence-electron chi connectivity index (χ0n) is 8.16. The van der Waals surface area contributed by atoms with Gasteiger partial charge >= 0.3 is 0 Å². The van der Waals surface area contributed by atoms with Crippen molar-refractivity contribution in [3.8, 4) is 5.88 Å². The zero-order valence-corrected chi connectivity index (χ0v) is 8.16. The summed E-state index contributed by atoms with van der Waals surface area (Å²) in [6.07, 6.45) is 1.73. The molecule has 0 aliphatic rings. The Bertz CT molecular complexity index is 226. The summed E-state index contributed by atoms with van der Waals surface area (Å²) in [6.45, 7) is 5.79. The summed E-state index contributed by atoms with van der Waals surface area (Å²) in [5.74, 6) is 0.687. The molecule has 3 nitrogen and oxygen atoms in total. The maximum atomic E-state index is 5.45. The van der Waals surface area contributed by atoms with E-state index >= 15 is 0 Å². The Balaban J connectivity index is 2.27. The molecule has 1 N–H and O–H groups in total. The lowest BCUT2D eigenvalue weighted by molar-refractivity contribution is 0.266. The fraction of sp³-hybridized carbons (Fsp3) is 0.500. The van der Waals surface area contributed by atoms with Gasteiger partial charge in [0.05, 0.1) is 0 Å². The highest BCUT2D eigenvalue weighted by molar-refractivity contribution is 5.09. The van der Waals surface area contributed by atoms with Gasteiger partial charge in [0.25, 0.3) is 0 Å². The third-order valence-electron chi connectivity index (χ3n) is 1.67. The van der Waals surface area contributed by atoms with E-state index in [0.29, 0.717) is 18.5 Å². The summed E-state index contributed by atoms with van der Waals surface area (Å²) in [6, 6.07) is 6.02. The molecule has 1 heterocycles. The molecule has 0 aromatic carbocycles. The minimum Gasteiger partial charge on any atom is -0.476 e. The molecule has 1 atom stereocenters. The molecule has 3 heteroatoms. The molecule has 0 bridgehead atoms. The predicted octanol–water partition coefficient (Wildman–Crippen LogP) is 1.46. The standard InChI is InChI=1S/C10H16N2O/c1-3-11-9(2)8-13-10-6-4-5-7-12-10/h4-7,9,11H,3,8H2,1-2H3. The van der Waals surface area contributed by atoms with Crippen LogP contribution in [-0.4, -0.2) is 24.2 Å². The monoisotopic (exact) mass is 180 g/mol. The van der Waals surface area contributed by atoms with E-state index in [1.165, 1.54) is 0 Å². The van der Waals surface area contributed by atoms with E-state index in [4.69, 9.17) is 4.74 Å². The van der Waals surface area contributed by atoms with Crippen molar-refractivity contribution < 1.29 is 4.74 Å². The van der Waals surface area contributed by atoms with Crippen molar-refractivity contribution in [2.24, 2.45) is 0 Å². The second kappa shape index (κ2) is 5.54. The molecule has 0 amide bonds. The van der Waals surface area contributed by atoms with Crippen LogP contribution in [0.2, 0.25) is 0 Å². The molecule has 1 aromatic heterocycles. The Morgan fingerprint density at radius 1 is 1.54 bits per heavy atom. The summed E-state index contributed by atoms with van der Waals surface area (Å²) in [5.41, 5.74) is 0. The molecular weight excluding hydrogens is 164 g/mol. The van der Waals surface area contributed by atoms with Crippen molar-refractivity contribution in [3.05, 3.63) is 24.4 Å². The number of hydrogen-bond donors (Lipinski definition) is 1. The largest absolute Gasteiger partial charge is 0.476 e. The summed E-state index contributed by atoms with van der Waals surface area (Å²) in [5, 5.41) is 3.26. The zero-order chi connectivity index (χ0) is 9.52. The normalized spacial score (nSPS) is 12.5. The van der Waals surface area contributed by atoms with E-state index in [0.717, 1.165) is 6.54 Å². The molecule has 1 rings (SSSR count). The van der Waals surface area contributed by atoms with Gasteiger partial charge in [-0.05, 0) is 19.5 Å². The average molecular weight is 180 g/mol. The molecule has 13 heavy (non-hydrogen) atoms. The highest BCUT2D eigenvalue weighted by Gasteiger charge is 2.00. The van der Waals surface area contributed by atoms with Gasteiger partial charge in [-0.2, -0.15) is 0 Å². The van der Waals surface area contributed by atoms with Crippen LogP contribution < -0.4 is 10.1 Å². The number of pyridine rings is 1. The Morgan fingerprint density at radius 3 is 3.00 bits per heavy atom. The number of aromatic nitrogens is 1. The third-order valence-corrected chi connectivity index (χ3v) is 1.67. The van der Waals surface area contributed by atoms with E-state index < -0.39 is 0 Å². The smallest absolute Gasteiger partial charge is 0.213 e. The minimum absolute atomic E-state index is 0.368. The number of nitrogens with zero attached hydrogens (tertiary/aromatic N) is 1. The van der Waals surface area contributed by atoms with Crippen molar-refractivity contribution in [1.82, 2.24) is 10.3 Å². The third kappa shape index (κ3) is 3.90. The summed E-state index contributed by atoms with van der Waals surface area (Å²) >= 11 is 0. The van der Waals surface area contributed by atoms with Crippen LogP contribution in [0.1, 0.15) is 13.8 Å². The number of hydrogen-bond acceptors (Lipinski definition) is 3. The summed E-state index contributed by atoms with van der Waals surface area (Å²) in [7, 11) is 0. The first-order chi connectivity index (χ1) is 6.33. The average Bonchev–Trinajstić information content (AvgIpc) is 2.17. The summed E-state index contributed by atoms with van der Waals surface area (Å²) in [4.78, 5) is 4.06. The first kappa shape index (κ1) is 9.99. The van der Waals surface area contributed by atoms with Crippen molar-refractivity contribution in [3.63, 3.8) is 0 Å². The van der Waals surface area contributed by atoms with Crippen LogP contribution in [0.3, 0.4) is 0 Å². The Labute approximate surface area is 79.1 Å². The van der Waals surface area contributed by atoms with Gasteiger partial charge in [0, 0.05) is 18.3 Å². The van der Waals surface area contributed by atoms with E-state index in [-0.39, 0.29) is 0 Å². The van der Waals surface area contributed by atoms with Gasteiger partial charge in [-0.25, -0.2) is 4.98 Å². The first-order valence-corrected chi connectivity index (χ1v) is 4.60. The summed E-state index contributed by atoms with van der Waals surface area (Å²) < 4.78 is 5.45. The van der Waals surface area contributed by atoms with Gasteiger partial charge in [-0.15, -0.1) is 0 Å². The Kier molecular flexibility index (Phi) is 4.26. The first-order valence-electron chi connectivity index (χ1n) is 4.60. The number of ether oxygens (including phenoxy) is 1. The Morgan fingerprint density at radius 2 is 2.38 bits per heavy atom. The second-order valence-electron chi connectivity index (χ2n) is 2.94. The van der Waals surface area contributed by atoms with Crippen LogP contribution in [0.4, 0.5) is 0 Å². The lowest BCUT2D eigenvalue weighted by Gasteiger charge is -2.12. The molecule has 1 aromatic rings. The topological polar surface area (TPSA) is 34.1 Å². The van der Waals surface area contributed by atoms with Crippen molar-refractivity contribution >= 4 is 0 Å². The van der Waals surface area contributed by atoms with Gasteiger partial charge in [-0.3, -0.25) is 0 Å². The van der Waals surface area contributed by atoms with E-state index in [1.54, 1.807) is 6.20 Å². The molecule has 72 valence electrons. The molecule has 0 aliphatic carbocycles. The van der Waals surface area contributed by atoms with Gasteiger partial charge in [0.2, 0.25) is 5.88 Å². The predicted molar refractivity (Wildman–Crippen MR) is 52.9 cm³/mol. The highest BCUT2D eigenvalue weighted by atomic mass is 16.5. The lowest BCUT2D eigenvalue weighted by Crippen LogP contribution is -2.31. The van der Waals surface area contributed by atoms with Crippen LogP contribution in [0.15, 0.2) is 24.4 Å². The number of rotatable bonds is 5. The van der Waals surface area contributed by atoms with Crippen LogP contribution >= 0.6 is 0 Å². The maximum Gasteiger partial charge on any atom is 0.213 e. The van der Waals surface area contributed by atoms with Crippen LogP contribution in [-0.2, 0) is 0 Å². The van der Waals surface area contributed by atoms with E-state index in [2.05, 4.69) is 24.1 Å². The molecule has 0 radical (unpaired) electrons. The van der Waals surface area contributed by atoms with Crippen LogP contribution in [0.25, 0.3) is 0 Å². The van der Waals surface area contributed by atoms with Crippen molar-refractivity contribution in [1.29, 1.82) is 0 Å². The fourth-order valence-electron chi connectivity index (χ4n) is 1.05. The molecule has 0 saturated carbocycles. The fourth-order valence-corrected chi connectivity index (χ4v) is 1.05. The molecule has 0 saturated heterocycles. The molecule has 0 spiro atoms. The van der Waals surface area contributed by atoms with Crippen LogP contribution in [0, 0.1) is 0 Å². The molecule has 1 unspecified atom stereocenters. The van der Waals surface area contributed by atoms with E-state index in [1.807, 2.05) is 18.2 Å². The Hall–Kier alpha value is -1.09. The van der Waals surface area contributed by atoms with Gasteiger partial charge in [-0.1, -0.05) is 13.0 Å². The van der Waals surface area contributed by atoms with E-state index in [9.17, 15) is 0 Å². The molecular formula is C10H16N2O. The highest BCUT2D eigenvalue weighted by Crippen LogP contribution is 2.03. The number of likely N-dealkylation sites (N-methyl/N-ethyl adjacent to an activating group) is 1. The van der Waals surface area contributed by atoms with Gasteiger partial charge in [0.1, 0.15) is 6.61 Å². The van der Waals surface area contributed by atoms with Gasteiger partial charge < -0.3 is 10.1 Å². The van der Waals surface area contributed by atoms with Crippen LogP contribution in [0.5, 0.6) is 5.88 Å². The lowest BCUT2D eigenvalue weighted by atomic mass is 10.3. The van der Waals surface area contributed by atoms with Crippen molar-refractivity contribution in [2.75, 3.05) is 13.2 Å². The molecule has 0 aliphatic heterocycles. The number of nitrogens with one attached hydrogen (secondary N) is 1. The minimum atomic E-state index is 0.368. The van der Waals surface area contributed by atoms with Gasteiger partial charge in [0.15, 0.2) is 0 Å². The molecule has 0 fully saturated rings. The van der Waals surface area contributed by atoms with Crippen molar-refractivity contribution in [2.45, 2.75) is 19.9 Å². The SMILES string of the molecule is CCNC(C)COc1ccccn1. The quantitative estimate of drug-likeness (QED) is 0.745. The maximum absolute atomic E-state index is 5.45. The second-order valence-corrected chi connectivity index (χ2v) is 2.94.